The molecule has 2 N–H and O–H groups in total. The van der Waals surface area contributed by atoms with E-state index in [-0.39, 0.29) is 5.56 Å². The molecular weight excluding hydrogens is 446 g/mol. The Morgan fingerprint density at radius 3 is 2.23 bits per heavy atom. The van der Waals surface area contributed by atoms with E-state index in [0.717, 1.165) is 63.2 Å². The van der Waals surface area contributed by atoms with Crippen LogP contribution in [0.4, 0.5) is 25.8 Å². The van der Waals surface area contributed by atoms with E-state index < -0.39 is 11.6 Å². The number of aromatic nitrogens is 3. The molecule has 2 aromatic carbocycles. The van der Waals surface area contributed by atoms with Gasteiger partial charge in [-0.3, -0.25) is 4.57 Å². The summed E-state index contributed by atoms with van der Waals surface area (Å²) in [4.78, 5) is 13.9. The number of nitrogen functional groups attached to an aromatic ring is 1. The second-order valence-electron chi connectivity index (χ2n) is 9.39. The number of fused-ring (bicyclic) bond motifs is 1. The molecule has 2 aromatic heterocycles. The van der Waals surface area contributed by atoms with Gasteiger partial charge in [-0.2, -0.15) is 0 Å². The normalized spacial score (nSPS) is 16.4. The van der Waals surface area contributed by atoms with Gasteiger partial charge in [-0.05, 0) is 74.6 Å². The highest BCUT2D eigenvalue weighted by Crippen LogP contribution is 2.36. The van der Waals surface area contributed by atoms with Gasteiger partial charge >= 0.3 is 0 Å². The molecular formula is C27H28F2N6. The van der Waals surface area contributed by atoms with Crippen LogP contribution >= 0.6 is 0 Å². The van der Waals surface area contributed by atoms with Crippen LogP contribution in [0.25, 0.3) is 28.2 Å². The third-order valence-corrected chi connectivity index (χ3v) is 7.10. The monoisotopic (exact) mass is 474 g/mol. The van der Waals surface area contributed by atoms with E-state index in [1.54, 1.807) is 35.0 Å². The number of imidazole rings is 1. The number of hydrogen-bond acceptors (Lipinski definition) is 5. The van der Waals surface area contributed by atoms with Crippen molar-refractivity contribution < 1.29 is 8.78 Å². The first-order chi connectivity index (χ1) is 17.1. The van der Waals surface area contributed by atoms with E-state index in [1.165, 1.54) is 12.5 Å². The summed E-state index contributed by atoms with van der Waals surface area (Å²) in [7, 11) is 0. The summed E-state index contributed by atoms with van der Waals surface area (Å²) in [6, 6.07) is 11.7. The molecule has 2 aliphatic rings. The standard InChI is InChI=1S/C27H28F2N6/c28-21-16-18(30)6-8-20(21)26-32-25-24(34-14-2-1-3-15-34)10-11-31-27(25)35(26)23-9-7-19(17-22(23)29)33-12-4-5-13-33/h6-11,16-17H,1-5,12-15,30H2. The zero-order valence-corrected chi connectivity index (χ0v) is 19.6. The average Bonchev–Trinajstić information content (AvgIpc) is 3.53. The lowest BCUT2D eigenvalue weighted by atomic mass is 10.1. The lowest BCUT2D eigenvalue weighted by molar-refractivity contribution is 0.578. The third kappa shape index (κ3) is 3.87. The number of anilines is 3. The predicted octanol–water partition coefficient (Wildman–Crippen LogP) is 5.54. The lowest BCUT2D eigenvalue weighted by Crippen LogP contribution is -2.29. The van der Waals surface area contributed by atoms with Crippen LogP contribution in [0, 0.1) is 11.6 Å². The zero-order chi connectivity index (χ0) is 23.9. The molecule has 180 valence electrons. The highest BCUT2D eigenvalue weighted by atomic mass is 19.1. The van der Waals surface area contributed by atoms with Crippen molar-refractivity contribution in [2.24, 2.45) is 0 Å². The summed E-state index contributed by atoms with van der Waals surface area (Å²) < 4.78 is 32.4. The fourth-order valence-corrected chi connectivity index (χ4v) is 5.32. The van der Waals surface area contributed by atoms with Gasteiger partial charge in [-0.15, -0.1) is 0 Å². The molecule has 0 atom stereocenters. The summed E-state index contributed by atoms with van der Waals surface area (Å²) >= 11 is 0. The maximum atomic E-state index is 15.7. The Kier molecular flexibility index (Phi) is 5.51. The quantitative estimate of drug-likeness (QED) is 0.394. The number of halogens is 2. The number of pyridine rings is 1. The van der Waals surface area contributed by atoms with E-state index in [0.29, 0.717) is 28.4 Å². The van der Waals surface area contributed by atoms with Gasteiger partial charge in [0.15, 0.2) is 5.65 Å². The van der Waals surface area contributed by atoms with Crippen molar-refractivity contribution in [1.29, 1.82) is 0 Å². The first kappa shape index (κ1) is 21.8. The van der Waals surface area contributed by atoms with Gasteiger partial charge in [0, 0.05) is 43.8 Å². The molecule has 0 spiro atoms. The Bertz CT molecular complexity index is 1390. The zero-order valence-electron chi connectivity index (χ0n) is 19.6. The van der Waals surface area contributed by atoms with Gasteiger partial charge in [-0.1, -0.05) is 0 Å². The fraction of sp³-hybridized carbons (Fsp3) is 0.333. The van der Waals surface area contributed by atoms with Crippen molar-refractivity contribution in [1.82, 2.24) is 14.5 Å². The van der Waals surface area contributed by atoms with Crippen LogP contribution in [0.1, 0.15) is 32.1 Å². The minimum atomic E-state index is -0.504. The van der Waals surface area contributed by atoms with Crippen LogP contribution in [-0.4, -0.2) is 40.7 Å². The smallest absolute Gasteiger partial charge is 0.167 e. The predicted molar refractivity (Wildman–Crippen MR) is 136 cm³/mol. The maximum Gasteiger partial charge on any atom is 0.167 e. The van der Waals surface area contributed by atoms with E-state index in [2.05, 4.69) is 14.8 Å². The summed E-state index contributed by atoms with van der Waals surface area (Å²) in [5.74, 6) is -0.589. The average molecular weight is 475 g/mol. The maximum absolute atomic E-state index is 15.7. The van der Waals surface area contributed by atoms with Crippen LogP contribution in [0.15, 0.2) is 48.7 Å². The number of benzene rings is 2. The SMILES string of the molecule is Nc1ccc(-c2nc3c(N4CCCCC4)ccnc3n2-c2ccc(N3CCCC3)cc2F)c(F)c1. The van der Waals surface area contributed by atoms with E-state index in [1.807, 2.05) is 12.1 Å². The molecule has 0 aliphatic carbocycles. The van der Waals surface area contributed by atoms with Gasteiger partial charge in [0.2, 0.25) is 0 Å². The van der Waals surface area contributed by atoms with Crippen LogP contribution in [-0.2, 0) is 0 Å². The summed E-state index contributed by atoms with van der Waals surface area (Å²) in [5.41, 5.74) is 9.62. The highest BCUT2D eigenvalue weighted by Gasteiger charge is 2.25. The Morgan fingerprint density at radius 2 is 1.49 bits per heavy atom. The first-order valence-electron chi connectivity index (χ1n) is 12.3. The lowest BCUT2D eigenvalue weighted by Gasteiger charge is -2.28. The van der Waals surface area contributed by atoms with E-state index >= 15 is 8.78 Å². The minimum absolute atomic E-state index is 0.254. The van der Waals surface area contributed by atoms with Crippen molar-refractivity contribution in [2.75, 3.05) is 41.7 Å². The fourth-order valence-electron chi connectivity index (χ4n) is 5.32. The van der Waals surface area contributed by atoms with Crippen molar-refractivity contribution in [3.63, 3.8) is 0 Å². The summed E-state index contributed by atoms with van der Waals surface area (Å²) in [5, 5.41) is 0. The van der Waals surface area contributed by atoms with Crippen LogP contribution in [0.5, 0.6) is 0 Å². The molecule has 2 aliphatic heterocycles. The second-order valence-corrected chi connectivity index (χ2v) is 9.39. The molecule has 4 heterocycles. The molecule has 6 rings (SSSR count). The number of rotatable bonds is 4. The van der Waals surface area contributed by atoms with E-state index in [4.69, 9.17) is 10.7 Å². The van der Waals surface area contributed by atoms with Crippen LogP contribution in [0.3, 0.4) is 0 Å². The second kappa shape index (κ2) is 8.83. The van der Waals surface area contributed by atoms with Crippen molar-refractivity contribution >= 4 is 28.2 Å². The van der Waals surface area contributed by atoms with Gasteiger partial charge in [0.05, 0.1) is 16.9 Å². The van der Waals surface area contributed by atoms with Gasteiger partial charge < -0.3 is 15.5 Å². The highest BCUT2D eigenvalue weighted by molar-refractivity contribution is 5.91. The Labute approximate surface area is 203 Å². The van der Waals surface area contributed by atoms with Gasteiger partial charge in [-0.25, -0.2) is 18.7 Å². The molecule has 0 saturated carbocycles. The molecule has 2 fully saturated rings. The Hall–Kier alpha value is -3.68. The van der Waals surface area contributed by atoms with Gasteiger partial charge in [0.25, 0.3) is 0 Å². The number of hydrogen-bond donors (Lipinski definition) is 1. The Morgan fingerprint density at radius 1 is 0.743 bits per heavy atom. The third-order valence-electron chi connectivity index (χ3n) is 7.10. The number of piperidine rings is 1. The van der Waals surface area contributed by atoms with Crippen molar-refractivity contribution in [3.8, 4) is 17.1 Å². The van der Waals surface area contributed by atoms with Crippen LogP contribution in [0.2, 0.25) is 0 Å². The van der Waals surface area contributed by atoms with Crippen LogP contribution < -0.4 is 15.5 Å². The molecule has 0 unspecified atom stereocenters. The van der Waals surface area contributed by atoms with Gasteiger partial charge in [0.1, 0.15) is 23.0 Å². The number of nitrogens with two attached hydrogens (primary N) is 1. The topological polar surface area (TPSA) is 63.2 Å². The molecule has 0 amide bonds. The first-order valence-corrected chi connectivity index (χ1v) is 12.3. The number of nitrogens with zero attached hydrogens (tertiary/aromatic N) is 5. The largest absolute Gasteiger partial charge is 0.399 e. The molecule has 0 bridgehead atoms. The summed E-state index contributed by atoms with van der Waals surface area (Å²) in [6.45, 7) is 3.71. The molecule has 2 saturated heterocycles. The Balaban J connectivity index is 1.57. The molecule has 0 radical (unpaired) electrons. The molecule has 6 nitrogen and oxygen atoms in total. The van der Waals surface area contributed by atoms with E-state index in [9.17, 15) is 0 Å². The van der Waals surface area contributed by atoms with Crippen molar-refractivity contribution in [3.05, 3.63) is 60.3 Å². The van der Waals surface area contributed by atoms with Crippen molar-refractivity contribution in [2.45, 2.75) is 32.1 Å². The minimum Gasteiger partial charge on any atom is -0.399 e. The molecule has 35 heavy (non-hydrogen) atoms. The molecule has 8 heteroatoms. The molecule has 4 aromatic rings. The summed E-state index contributed by atoms with van der Waals surface area (Å²) in [6.07, 6.45) is 7.37.